The molecule has 2 heterocycles. The predicted octanol–water partition coefficient (Wildman–Crippen LogP) is 1.92. The van der Waals surface area contributed by atoms with Gasteiger partial charge in [0.05, 0.1) is 16.7 Å². The van der Waals surface area contributed by atoms with Gasteiger partial charge in [0.15, 0.2) is 5.69 Å². The Morgan fingerprint density at radius 3 is 2.81 bits per heavy atom. The molecular formula is C14H14BrFN6O4S. The summed E-state index contributed by atoms with van der Waals surface area (Å²) in [6.45, 7) is 0.582. The van der Waals surface area contributed by atoms with Crippen molar-refractivity contribution >= 4 is 31.5 Å². The van der Waals surface area contributed by atoms with Crippen LogP contribution in [-0.4, -0.2) is 49.8 Å². The van der Waals surface area contributed by atoms with Crippen LogP contribution >= 0.6 is 15.9 Å². The van der Waals surface area contributed by atoms with Crippen LogP contribution < -0.4 is 11.1 Å². The fraction of sp³-hybridized carbons (Fsp3) is 0.286. The van der Waals surface area contributed by atoms with Gasteiger partial charge in [-0.2, -0.15) is 0 Å². The topological polar surface area (TPSA) is 128 Å². The van der Waals surface area contributed by atoms with Crippen LogP contribution in [0.1, 0.15) is 0 Å². The Bertz CT molecular complexity index is 1140. The first-order chi connectivity index (χ1) is 12.8. The summed E-state index contributed by atoms with van der Waals surface area (Å²) in [5.41, 5.74) is 0.431. The number of nitrogens with zero attached hydrogens (tertiary/aromatic N) is 5. The summed E-state index contributed by atoms with van der Waals surface area (Å²) >= 11 is 3.07. The number of rotatable bonds is 6. The van der Waals surface area contributed by atoms with Crippen molar-refractivity contribution in [1.82, 2.24) is 20.0 Å². The maximum atomic E-state index is 13.5. The molecule has 0 radical (unpaired) electrons. The lowest BCUT2D eigenvalue weighted by atomic mass is 10.3. The van der Waals surface area contributed by atoms with E-state index in [4.69, 9.17) is 9.15 Å². The van der Waals surface area contributed by atoms with E-state index in [2.05, 4.69) is 41.1 Å². The summed E-state index contributed by atoms with van der Waals surface area (Å²) in [6.07, 6.45) is 3.07. The van der Waals surface area contributed by atoms with Gasteiger partial charge in [0.25, 0.3) is 0 Å². The van der Waals surface area contributed by atoms with Crippen LogP contribution in [0, 0.1) is 5.82 Å². The number of nitrogens with one attached hydrogen (secondary N) is 1. The van der Waals surface area contributed by atoms with Crippen molar-refractivity contribution in [3.05, 3.63) is 39.0 Å². The zero-order valence-corrected chi connectivity index (χ0v) is 16.6. The van der Waals surface area contributed by atoms with Crippen molar-refractivity contribution in [1.29, 1.82) is 0 Å². The molecule has 27 heavy (non-hydrogen) atoms. The first-order valence-corrected chi connectivity index (χ1v) is 10.6. The Kier molecular flexibility index (Phi) is 5.41. The van der Waals surface area contributed by atoms with Gasteiger partial charge in [0.2, 0.25) is 11.6 Å². The van der Waals surface area contributed by atoms with Gasteiger partial charge in [0, 0.05) is 28.8 Å². The molecular weight excluding hydrogens is 447 g/mol. The monoisotopic (exact) mass is 460 g/mol. The SMILES string of the molecule is CS(C)(=O)=NCCNc1nonc1-c1noc(=O)n1-c1ccc(F)c(Br)c1. The Morgan fingerprint density at radius 1 is 1.33 bits per heavy atom. The summed E-state index contributed by atoms with van der Waals surface area (Å²) in [7, 11) is -2.21. The van der Waals surface area contributed by atoms with Gasteiger partial charge >= 0.3 is 5.76 Å². The fourth-order valence-corrected chi connectivity index (χ4v) is 3.04. The average Bonchev–Trinajstić information content (AvgIpc) is 3.19. The number of hydrogen-bond donors (Lipinski definition) is 1. The van der Waals surface area contributed by atoms with E-state index in [1.54, 1.807) is 0 Å². The zero-order chi connectivity index (χ0) is 19.6. The molecule has 13 heteroatoms. The van der Waals surface area contributed by atoms with Crippen LogP contribution in [0.3, 0.4) is 0 Å². The van der Waals surface area contributed by atoms with Crippen LogP contribution in [-0.2, 0) is 9.73 Å². The second kappa shape index (κ2) is 7.60. The van der Waals surface area contributed by atoms with E-state index >= 15 is 0 Å². The molecule has 0 unspecified atom stereocenters. The molecule has 0 bridgehead atoms. The second-order valence-corrected chi connectivity index (χ2v) is 9.10. The van der Waals surface area contributed by atoms with Gasteiger partial charge in [-0.05, 0) is 44.4 Å². The molecule has 1 aromatic carbocycles. The predicted molar refractivity (Wildman–Crippen MR) is 98.8 cm³/mol. The molecule has 0 amide bonds. The maximum Gasteiger partial charge on any atom is 0.446 e. The minimum absolute atomic E-state index is 0.0222. The lowest BCUT2D eigenvalue weighted by Gasteiger charge is -2.05. The van der Waals surface area contributed by atoms with Crippen LogP contribution in [0.5, 0.6) is 0 Å². The van der Waals surface area contributed by atoms with Crippen molar-refractivity contribution in [3.8, 4) is 17.2 Å². The molecule has 10 nitrogen and oxygen atoms in total. The molecule has 0 aliphatic rings. The fourth-order valence-electron chi connectivity index (χ4n) is 2.14. The third kappa shape index (κ3) is 4.42. The summed E-state index contributed by atoms with van der Waals surface area (Å²) in [5, 5.41) is 14.1. The molecule has 144 valence electrons. The molecule has 0 atom stereocenters. The Labute approximate surface area is 161 Å². The van der Waals surface area contributed by atoms with Gasteiger partial charge in [-0.15, -0.1) is 0 Å². The quantitative estimate of drug-likeness (QED) is 0.552. The van der Waals surface area contributed by atoms with Crippen LogP contribution in [0.4, 0.5) is 10.2 Å². The Morgan fingerprint density at radius 2 is 2.11 bits per heavy atom. The van der Waals surface area contributed by atoms with E-state index < -0.39 is 21.3 Å². The van der Waals surface area contributed by atoms with Crippen molar-refractivity contribution in [2.45, 2.75) is 0 Å². The maximum absolute atomic E-state index is 13.5. The summed E-state index contributed by atoms with van der Waals surface area (Å²) in [6, 6.07) is 3.98. The van der Waals surface area contributed by atoms with Crippen LogP contribution in [0.25, 0.3) is 17.2 Å². The number of benzene rings is 1. The third-order valence-corrected chi connectivity index (χ3v) is 4.68. The van der Waals surface area contributed by atoms with Crippen LogP contribution in [0.15, 0.2) is 41.0 Å². The molecule has 3 aromatic rings. The average molecular weight is 461 g/mol. The molecule has 0 aliphatic carbocycles. The normalized spacial score (nSPS) is 11.6. The molecule has 0 aliphatic heterocycles. The lowest BCUT2D eigenvalue weighted by molar-refractivity contribution is 0.309. The highest BCUT2D eigenvalue weighted by molar-refractivity contribution is 9.10. The third-order valence-electron chi connectivity index (χ3n) is 3.27. The van der Waals surface area contributed by atoms with E-state index in [0.717, 1.165) is 4.57 Å². The highest BCUT2D eigenvalue weighted by Crippen LogP contribution is 2.26. The number of aromatic nitrogens is 4. The molecule has 0 saturated carbocycles. The molecule has 0 fully saturated rings. The minimum Gasteiger partial charge on any atom is -0.363 e. The highest BCUT2D eigenvalue weighted by atomic mass is 79.9. The molecule has 0 saturated heterocycles. The first kappa shape index (κ1) is 19.2. The van der Waals surface area contributed by atoms with Crippen molar-refractivity contribution < 1.29 is 17.8 Å². The second-order valence-electron chi connectivity index (χ2n) is 5.63. The standard InChI is InChI=1S/C14H14BrFN6O4S/c1-27(2,24)18-6-5-17-12-11(19-26-20-12)13-21-25-14(23)22(13)8-3-4-10(16)9(15)7-8/h3-4,7H,5-6H2,1-2H3,(H,17,20). The van der Waals surface area contributed by atoms with E-state index in [-0.39, 0.29) is 28.4 Å². The van der Waals surface area contributed by atoms with Crippen molar-refractivity contribution in [2.75, 3.05) is 30.9 Å². The lowest BCUT2D eigenvalue weighted by Crippen LogP contribution is -2.14. The first-order valence-electron chi connectivity index (χ1n) is 7.50. The Balaban J connectivity index is 1.93. The van der Waals surface area contributed by atoms with E-state index in [9.17, 15) is 13.4 Å². The van der Waals surface area contributed by atoms with Crippen molar-refractivity contribution in [2.24, 2.45) is 4.36 Å². The van der Waals surface area contributed by atoms with E-state index in [1.165, 1.54) is 30.7 Å². The van der Waals surface area contributed by atoms with Crippen molar-refractivity contribution in [3.63, 3.8) is 0 Å². The van der Waals surface area contributed by atoms with Gasteiger partial charge in [-0.3, -0.25) is 8.73 Å². The largest absolute Gasteiger partial charge is 0.446 e. The van der Waals surface area contributed by atoms with E-state index in [0.29, 0.717) is 12.2 Å². The van der Waals surface area contributed by atoms with Gasteiger partial charge < -0.3 is 5.32 Å². The van der Waals surface area contributed by atoms with Gasteiger partial charge in [-0.25, -0.2) is 22.7 Å². The molecule has 2 aromatic heterocycles. The molecule has 1 N–H and O–H groups in total. The minimum atomic E-state index is -2.21. The van der Waals surface area contributed by atoms with E-state index in [1.807, 2.05) is 0 Å². The summed E-state index contributed by atoms with van der Waals surface area (Å²) < 4.78 is 39.8. The molecule has 0 spiro atoms. The van der Waals surface area contributed by atoms with Gasteiger partial charge in [-0.1, -0.05) is 5.16 Å². The number of anilines is 1. The summed E-state index contributed by atoms with van der Waals surface area (Å²) in [5.74, 6) is -1.05. The summed E-state index contributed by atoms with van der Waals surface area (Å²) in [4.78, 5) is 12.1. The van der Waals surface area contributed by atoms with Gasteiger partial charge in [0.1, 0.15) is 5.82 Å². The highest BCUT2D eigenvalue weighted by Gasteiger charge is 2.23. The number of halogens is 2. The molecule has 3 rings (SSSR count). The smallest absolute Gasteiger partial charge is 0.363 e. The Hall–Kier alpha value is -2.54. The number of hydrogen-bond acceptors (Lipinski definition) is 9. The van der Waals surface area contributed by atoms with Crippen LogP contribution in [0.2, 0.25) is 0 Å². The zero-order valence-electron chi connectivity index (χ0n) is 14.2.